The molecule has 2 fully saturated rings. The summed E-state index contributed by atoms with van der Waals surface area (Å²) in [5.41, 5.74) is 0. The maximum absolute atomic E-state index is 12.3. The van der Waals surface area contributed by atoms with Gasteiger partial charge in [-0.2, -0.15) is 0 Å². The van der Waals surface area contributed by atoms with Gasteiger partial charge in [-0.05, 0) is 56.9 Å². The van der Waals surface area contributed by atoms with Crippen LogP contribution in [0.2, 0.25) is 0 Å². The molecule has 0 saturated carbocycles. The fourth-order valence-electron chi connectivity index (χ4n) is 3.50. The Kier molecular flexibility index (Phi) is 5.68. The Morgan fingerprint density at radius 2 is 2.05 bits per heavy atom. The molecule has 19 heavy (non-hydrogen) atoms. The Labute approximate surface area is 118 Å². The summed E-state index contributed by atoms with van der Waals surface area (Å²) >= 11 is 0. The SMILES string of the molecule is CC(C)C1CCCN(C(=O)CCC2CCCN2)CC1. The number of likely N-dealkylation sites (tertiary alicyclic amines) is 1. The van der Waals surface area contributed by atoms with Crippen molar-refractivity contribution in [1.29, 1.82) is 0 Å². The molecule has 3 heteroatoms. The first-order chi connectivity index (χ1) is 9.16. The highest BCUT2D eigenvalue weighted by molar-refractivity contribution is 5.76. The highest BCUT2D eigenvalue weighted by Crippen LogP contribution is 2.25. The standard InChI is InChI=1S/C16H30N2O/c1-13(2)14-5-4-11-18(12-9-14)16(19)8-7-15-6-3-10-17-15/h13-15,17H,3-12H2,1-2H3. The van der Waals surface area contributed by atoms with E-state index in [9.17, 15) is 4.79 Å². The fraction of sp³-hybridized carbons (Fsp3) is 0.938. The fourth-order valence-corrected chi connectivity index (χ4v) is 3.50. The van der Waals surface area contributed by atoms with E-state index < -0.39 is 0 Å². The van der Waals surface area contributed by atoms with Gasteiger partial charge in [-0.3, -0.25) is 4.79 Å². The largest absolute Gasteiger partial charge is 0.343 e. The molecule has 110 valence electrons. The number of carbonyl (C=O) groups is 1. The molecule has 2 atom stereocenters. The lowest BCUT2D eigenvalue weighted by Gasteiger charge is -2.22. The molecule has 0 radical (unpaired) electrons. The van der Waals surface area contributed by atoms with Crippen molar-refractivity contribution in [3.63, 3.8) is 0 Å². The Balaban J connectivity index is 1.72. The molecule has 2 rings (SSSR count). The third-order valence-corrected chi connectivity index (χ3v) is 4.94. The van der Waals surface area contributed by atoms with Gasteiger partial charge in [0.15, 0.2) is 0 Å². The highest BCUT2D eigenvalue weighted by Gasteiger charge is 2.23. The van der Waals surface area contributed by atoms with Crippen LogP contribution in [0.5, 0.6) is 0 Å². The van der Waals surface area contributed by atoms with E-state index in [0.29, 0.717) is 11.9 Å². The summed E-state index contributed by atoms with van der Waals surface area (Å²) in [6, 6.07) is 0.597. The predicted octanol–water partition coefficient (Wildman–Crippen LogP) is 2.80. The molecule has 0 spiro atoms. The lowest BCUT2D eigenvalue weighted by Crippen LogP contribution is -2.33. The van der Waals surface area contributed by atoms with Crippen molar-refractivity contribution in [2.75, 3.05) is 19.6 Å². The van der Waals surface area contributed by atoms with Crippen LogP contribution in [0, 0.1) is 11.8 Å². The monoisotopic (exact) mass is 266 g/mol. The van der Waals surface area contributed by atoms with E-state index in [1.165, 1.54) is 32.1 Å². The van der Waals surface area contributed by atoms with Crippen LogP contribution in [0.1, 0.15) is 58.8 Å². The normalized spacial score (nSPS) is 28.7. The highest BCUT2D eigenvalue weighted by atomic mass is 16.2. The second kappa shape index (κ2) is 7.28. The van der Waals surface area contributed by atoms with Crippen molar-refractivity contribution < 1.29 is 4.79 Å². The second-order valence-corrected chi connectivity index (χ2v) is 6.65. The van der Waals surface area contributed by atoms with Gasteiger partial charge in [-0.15, -0.1) is 0 Å². The van der Waals surface area contributed by atoms with Crippen LogP contribution in [0.15, 0.2) is 0 Å². The molecule has 0 aromatic carbocycles. The summed E-state index contributed by atoms with van der Waals surface area (Å²) in [4.78, 5) is 14.4. The molecule has 0 aromatic heterocycles. The smallest absolute Gasteiger partial charge is 0.222 e. The molecule has 0 bridgehead atoms. The molecule has 0 aromatic rings. The van der Waals surface area contributed by atoms with Crippen LogP contribution in [-0.2, 0) is 4.79 Å². The maximum atomic E-state index is 12.3. The van der Waals surface area contributed by atoms with Crippen LogP contribution in [-0.4, -0.2) is 36.5 Å². The zero-order valence-electron chi connectivity index (χ0n) is 12.7. The van der Waals surface area contributed by atoms with Gasteiger partial charge in [0.1, 0.15) is 0 Å². The van der Waals surface area contributed by atoms with E-state index in [1.54, 1.807) is 0 Å². The maximum Gasteiger partial charge on any atom is 0.222 e. The van der Waals surface area contributed by atoms with Gasteiger partial charge in [-0.25, -0.2) is 0 Å². The summed E-state index contributed by atoms with van der Waals surface area (Å²) < 4.78 is 0. The van der Waals surface area contributed by atoms with Crippen LogP contribution in [0.25, 0.3) is 0 Å². The number of nitrogens with one attached hydrogen (secondary N) is 1. The van der Waals surface area contributed by atoms with Crippen molar-refractivity contribution in [3.05, 3.63) is 0 Å². The quantitative estimate of drug-likeness (QED) is 0.848. The minimum atomic E-state index is 0.387. The summed E-state index contributed by atoms with van der Waals surface area (Å²) in [7, 11) is 0. The average molecular weight is 266 g/mol. The zero-order chi connectivity index (χ0) is 13.7. The van der Waals surface area contributed by atoms with Gasteiger partial charge < -0.3 is 10.2 Å². The van der Waals surface area contributed by atoms with Crippen molar-refractivity contribution in [2.45, 2.75) is 64.8 Å². The number of hydrogen-bond donors (Lipinski definition) is 1. The lowest BCUT2D eigenvalue weighted by molar-refractivity contribution is -0.131. The summed E-state index contributed by atoms with van der Waals surface area (Å²) in [6.07, 6.45) is 7.99. The van der Waals surface area contributed by atoms with E-state index in [0.717, 1.165) is 44.3 Å². The first kappa shape index (κ1) is 14.8. The minimum absolute atomic E-state index is 0.387. The van der Waals surface area contributed by atoms with Crippen LogP contribution < -0.4 is 5.32 Å². The number of amides is 1. The average Bonchev–Trinajstić information content (AvgIpc) is 2.77. The van der Waals surface area contributed by atoms with Crippen molar-refractivity contribution >= 4 is 5.91 Å². The predicted molar refractivity (Wildman–Crippen MR) is 79.0 cm³/mol. The zero-order valence-corrected chi connectivity index (χ0v) is 12.7. The molecule has 1 amide bonds. The first-order valence-corrected chi connectivity index (χ1v) is 8.18. The molecule has 2 unspecified atom stereocenters. The van der Waals surface area contributed by atoms with E-state index in [2.05, 4.69) is 24.1 Å². The summed E-state index contributed by atoms with van der Waals surface area (Å²) in [5, 5.41) is 3.48. The summed E-state index contributed by atoms with van der Waals surface area (Å²) in [6.45, 7) is 7.74. The lowest BCUT2D eigenvalue weighted by atomic mass is 9.89. The molecule has 1 N–H and O–H groups in total. The Bertz CT molecular complexity index is 284. The number of nitrogens with zero attached hydrogens (tertiary/aromatic N) is 1. The van der Waals surface area contributed by atoms with E-state index >= 15 is 0 Å². The van der Waals surface area contributed by atoms with Crippen molar-refractivity contribution in [2.24, 2.45) is 11.8 Å². The van der Waals surface area contributed by atoms with Crippen molar-refractivity contribution in [1.82, 2.24) is 10.2 Å². The number of hydrogen-bond acceptors (Lipinski definition) is 2. The van der Waals surface area contributed by atoms with Gasteiger partial charge in [0, 0.05) is 25.6 Å². The topological polar surface area (TPSA) is 32.3 Å². The Hall–Kier alpha value is -0.570. The minimum Gasteiger partial charge on any atom is -0.343 e. The van der Waals surface area contributed by atoms with Crippen LogP contribution >= 0.6 is 0 Å². The Morgan fingerprint density at radius 1 is 1.21 bits per heavy atom. The van der Waals surface area contributed by atoms with Gasteiger partial charge in [-0.1, -0.05) is 13.8 Å². The number of rotatable bonds is 4. The third-order valence-electron chi connectivity index (χ3n) is 4.94. The second-order valence-electron chi connectivity index (χ2n) is 6.65. The molecule has 0 aliphatic carbocycles. The Morgan fingerprint density at radius 3 is 2.74 bits per heavy atom. The van der Waals surface area contributed by atoms with E-state index in [-0.39, 0.29) is 0 Å². The summed E-state index contributed by atoms with van der Waals surface area (Å²) in [5.74, 6) is 1.96. The van der Waals surface area contributed by atoms with Gasteiger partial charge in [0.2, 0.25) is 5.91 Å². The first-order valence-electron chi connectivity index (χ1n) is 8.18. The van der Waals surface area contributed by atoms with Crippen molar-refractivity contribution in [3.8, 4) is 0 Å². The van der Waals surface area contributed by atoms with Gasteiger partial charge >= 0.3 is 0 Å². The molecule has 2 heterocycles. The molecule has 3 nitrogen and oxygen atoms in total. The number of carbonyl (C=O) groups excluding carboxylic acids is 1. The van der Waals surface area contributed by atoms with Gasteiger partial charge in [0.25, 0.3) is 0 Å². The molecule has 2 aliphatic rings. The van der Waals surface area contributed by atoms with Crippen LogP contribution in [0.4, 0.5) is 0 Å². The molecule has 2 saturated heterocycles. The molecule has 2 aliphatic heterocycles. The van der Waals surface area contributed by atoms with E-state index in [4.69, 9.17) is 0 Å². The van der Waals surface area contributed by atoms with E-state index in [1.807, 2.05) is 0 Å². The van der Waals surface area contributed by atoms with Gasteiger partial charge in [0.05, 0.1) is 0 Å². The molecular weight excluding hydrogens is 236 g/mol. The molecular formula is C16H30N2O. The third kappa shape index (κ3) is 4.48. The van der Waals surface area contributed by atoms with Crippen LogP contribution in [0.3, 0.4) is 0 Å².